The number of carbonyl (C=O) groups is 1. The smallest absolute Gasteiger partial charge is 0.291 e. The van der Waals surface area contributed by atoms with Crippen LogP contribution in [0.3, 0.4) is 0 Å². The molecule has 2 atom stereocenters. The predicted molar refractivity (Wildman–Crippen MR) is 70.3 cm³/mol. The SMILES string of the molecule is CN(C(=O)c1nnc2n1CCCCC2)[C@H]1COC[C@@H]1O. The van der Waals surface area contributed by atoms with Crippen LogP contribution in [0, 0.1) is 0 Å². The zero-order valence-corrected chi connectivity index (χ0v) is 11.7. The summed E-state index contributed by atoms with van der Waals surface area (Å²) < 4.78 is 7.13. The van der Waals surface area contributed by atoms with Crippen molar-refractivity contribution in [2.24, 2.45) is 0 Å². The molecule has 0 saturated carbocycles. The molecule has 0 bridgehead atoms. The van der Waals surface area contributed by atoms with Gasteiger partial charge in [0.2, 0.25) is 5.82 Å². The summed E-state index contributed by atoms with van der Waals surface area (Å²) in [5.41, 5.74) is 0. The average Bonchev–Trinajstić information content (AvgIpc) is 2.97. The molecule has 1 fully saturated rings. The van der Waals surface area contributed by atoms with Crippen molar-refractivity contribution < 1.29 is 14.6 Å². The van der Waals surface area contributed by atoms with Crippen molar-refractivity contribution in [3.05, 3.63) is 11.6 Å². The maximum atomic E-state index is 12.6. The lowest BCUT2D eigenvalue weighted by Gasteiger charge is -2.25. The Hall–Kier alpha value is -1.47. The van der Waals surface area contributed by atoms with E-state index < -0.39 is 6.10 Å². The van der Waals surface area contributed by atoms with Gasteiger partial charge in [0, 0.05) is 20.0 Å². The lowest BCUT2D eigenvalue weighted by atomic mass is 10.2. The summed E-state index contributed by atoms with van der Waals surface area (Å²) in [4.78, 5) is 14.1. The van der Waals surface area contributed by atoms with E-state index in [0.717, 1.165) is 38.1 Å². The highest BCUT2D eigenvalue weighted by atomic mass is 16.5. The van der Waals surface area contributed by atoms with E-state index in [1.165, 1.54) is 4.90 Å². The Morgan fingerprint density at radius 2 is 2.20 bits per heavy atom. The molecular formula is C13H20N4O3. The van der Waals surface area contributed by atoms with Gasteiger partial charge in [-0.05, 0) is 12.8 Å². The van der Waals surface area contributed by atoms with Gasteiger partial charge in [0.05, 0.1) is 25.4 Å². The third-order valence-corrected chi connectivity index (χ3v) is 4.14. The molecule has 1 N–H and O–H groups in total. The molecule has 1 aromatic rings. The topological polar surface area (TPSA) is 80.5 Å². The molecule has 0 spiro atoms. The monoisotopic (exact) mass is 280 g/mol. The van der Waals surface area contributed by atoms with E-state index in [0.29, 0.717) is 12.4 Å². The number of hydrogen-bond acceptors (Lipinski definition) is 5. The molecule has 1 saturated heterocycles. The van der Waals surface area contributed by atoms with Gasteiger partial charge in [0.25, 0.3) is 5.91 Å². The van der Waals surface area contributed by atoms with Crippen molar-refractivity contribution in [1.29, 1.82) is 0 Å². The Morgan fingerprint density at radius 1 is 1.35 bits per heavy atom. The molecule has 2 aliphatic rings. The van der Waals surface area contributed by atoms with Crippen molar-refractivity contribution in [2.75, 3.05) is 20.3 Å². The molecule has 20 heavy (non-hydrogen) atoms. The minimum absolute atomic E-state index is 0.194. The second-order valence-electron chi connectivity index (χ2n) is 5.49. The van der Waals surface area contributed by atoms with Gasteiger partial charge < -0.3 is 19.3 Å². The first kappa shape index (κ1) is 13.5. The molecule has 3 rings (SSSR count). The van der Waals surface area contributed by atoms with E-state index in [-0.39, 0.29) is 18.6 Å². The molecule has 3 heterocycles. The van der Waals surface area contributed by atoms with Gasteiger partial charge >= 0.3 is 0 Å². The van der Waals surface area contributed by atoms with Gasteiger partial charge in [-0.2, -0.15) is 0 Å². The van der Waals surface area contributed by atoms with Crippen LogP contribution in [0.1, 0.15) is 35.7 Å². The molecule has 110 valence electrons. The first-order valence-corrected chi connectivity index (χ1v) is 7.13. The minimum atomic E-state index is -0.629. The van der Waals surface area contributed by atoms with Gasteiger partial charge in [-0.3, -0.25) is 4.79 Å². The molecule has 7 heteroatoms. The lowest BCUT2D eigenvalue weighted by Crippen LogP contribution is -2.44. The molecule has 0 aromatic carbocycles. The van der Waals surface area contributed by atoms with Crippen molar-refractivity contribution in [2.45, 2.75) is 44.4 Å². The fourth-order valence-corrected chi connectivity index (χ4v) is 2.85. The third kappa shape index (κ3) is 2.31. The number of nitrogens with zero attached hydrogens (tertiary/aromatic N) is 4. The number of carbonyl (C=O) groups excluding carboxylic acids is 1. The van der Waals surface area contributed by atoms with Gasteiger partial charge in [0.1, 0.15) is 5.82 Å². The van der Waals surface area contributed by atoms with Crippen LogP contribution >= 0.6 is 0 Å². The Kier molecular flexibility index (Phi) is 3.71. The molecule has 0 aliphatic carbocycles. The first-order chi connectivity index (χ1) is 9.68. The molecule has 1 amide bonds. The van der Waals surface area contributed by atoms with Crippen LogP contribution in [0.2, 0.25) is 0 Å². The van der Waals surface area contributed by atoms with Crippen LogP contribution in [-0.2, 0) is 17.7 Å². The summed E-state index contributed by atoms with van der Waals surface area (Å²) in [6.45, 7) is 1.44. The summed E-state index contributed by atoms with van der Waals surface area (Å²) >= 11 is 0. The number of aliphatic hydroxyl groups excluding tert-OH is 1. The van der Waals surface area contributed by atoms with Crippen molar-refractivity contribution in [3.8, 4) is 0 Å². The maximum absolute atomic E-state index is 12.6. The highest BCUT2D eigenvalue weighted by Gasteiger charge is 2.34. The van der Waals surface area contributed by atoms with E-state index in [4.69, 9.17) is 4.74 Å². The van der Waals surface area contributed by atoms with Crippen LogP contribution in [-0.4, -0.2) is 63.1 Å². The molecule has 1 aromatic heterocycles. The summed E-state index contributed by atoms with van der Waals surface area (Å²) in [5.74, 6) is 1.08. The number of aliphatic hydroxyl groups is 1. The van der Waals surface area contributed by atoms with Crippen LogP contribution in [0.15, 0.2) is 0 Å². The van der Waals surface area contributed by atoms with Gasteiger partial charge in [0.15, 0.2) is 0 Å². The third-order valence-electron chi connectivity index (χ3n) is 4.14. The zero-order valence-electron chi connectivity index (χ0n) is 11.7. The number of aromatic nitrogens is 3. The van der Waals surface area contributed by atoms with E-state index in [1.54, 1.807) is 7.05 Å². The van der Waals surface area contributed by atoms with Crippen LogP contribution in [0.25, 0.3) is 0 Å². The number of hydrogen-bond donors (Lipinski definition) is 1. The Bertz CT molecular complexity index is 502. The fraction of sp³-hybridized carbons (Fsp3) is 0.769. The Balaban J connectivity index is 1.82. The maximum Gasteiger partial charge on any atom is 0.291 e. The van der Waals surface area contributed by atoms with Crippen LogP contribution in [0.4, 0.5) is 0 Å². The average molecular weight is 280 g/mol. The van der Waals surface area contributed by atoms with Crippen molar-refractivity contribution >= 4 is 5.91 Å². The summed E-state index contributed by atoms with van der Waals surface area (Å²) in [6, 6.07) is -0.304. The standard InChI is InChI=1S/C13H20N4O3/c1-16(9-7-20-8-10(9)18)13(19)12-15-14-11-5-3-2-4-6-17(11)12/h9-10,18H,2-8H2,1H3/t9-,10-/m0/s1. The van der Waals surface area contributed by atoms with Gasteiger partial charge in [-0.25, -0.2) is 0 Å². The fourth-order valence-electron chi connectivity index (χ4n) is 2.85. The summed E-state index contributed by atoms with van der Waals surface area (Å²) in [7, 11) is 1.68. The minimum Gasteiger partial charge on any atom is -0.388 e. The largest absolute Gasteiger partial charge is 0.388 e. The molecule has 7 nitrogen and oxygen atoms in total. The number of fused-ring (bicyclic) bond motifs is 1. The highest BCUT2D eigenvalue weighted by molar-refractivity contribution is 5.90. The second kappa shape index (κ2) is 5.49. The molecule has 0 unspecified atom stereocenters. The van der Waals surface area contributed by atoms with Crippen LogP contribution < -0.4 is 0 Å². The molecular weight excluding hydrogens is 260 g/mol. The highest BCUT2D eigenvalue weighted by Crippen LogP contribution is 2.18. The number of rotatable bonds is 2. The van der Waals surface area contributed by atoms with E-state index in [2.05, 4.69) is 10.2 Å². The van der Waals surface area contributed by atoms with E-state index in [9.17, 15) is 9.90 Å². The van der Waals surface area contributed by atoms with Crippen LogP contribution in [0.5, 0.6) is 0 Å². The van der Waals surface area contributed by atoms with Crippen molar-refractivity contribution in [3.63, 3.8) is 0 Å². The van der Waals surface area contributed by atoms with Crippen molar-refractivity contribution in [1.82, 2.24) is 19.7 Å². The predicted octanol–water partition coefficient (Wildman–Crippen LogP) is -0.164. The molecule has 2 aliphatic heterocycles. The number of amides is 1. The Labute approximate surface area is 117 Å². The Morgan fingerprint density at radius 3 is 2.95 bits per heavy atom. The number of likely N-dealkylation sites (N-methyl/N-ethyl adjacent to an activating group) is 1. The van der Waals surface area contributed by atoms with E-state index in [1.807, 2.05) is 4.57 Å². The lowest BCUT2D eigenvalue weighted by molar-refractivity contribution is 0.0565. The summed E-state index contributed by atoms with van der Waals surface area (Å²) in [6.07, 6.45) is 3.54. The van der Waals surface area contributed by atoms with E-state index >= 15 is 0 Å². The number of ether oxygens (including phenoxy) is 1. The molecule has 0 radical (unpaired) electrons. The zero-order chi connectivity index (χ0) is 14.1. The van der Waals surface area contributed by atoms with Gasteiger partial charge in [-0.15, -0.1) is 10.2 Å². The second-order valence-corrected chi connectivity index (χ2v) is 5.49. The quantitative estimate of drug-likeness (QED) is 0.814. The number of aryl methyl sites for hydroxylation is 1. The first-order valence-electron chi connectivity index (χ1n) is 7.13. The normalized spacial score (nSPS) is 26.1. The summed E-state index contributed by atoms with van der Waals surface area (Å²) in [5, 5.41) is 18.0. The van der Waals surface area contributed by atoms with Gasteiger partial charge in [-0.1, -0.05) is 6.42 Å².